The second kappa shape index (κ2) is 6.74. The fourth-order valence-electron chi connectivity index (χ4n) is 1.75. The van der Waals surface area contributed by atoms with Crippen molar-refractivity contribution in [1.82, 2.24) is 0 Å². The molecular formula is C20H18N2. The van der Waals surface area contributed by atoms with Crippen molar-refractivity contribution < 1.29 is 0 Å². The van der Waals surface area contributed by atoms with Crippen LogP contribution in [0.25, 0.3) is 0 Å². The highest BCUT2D eigenvalue weighted by Crippen LogP contribution is 2.10. The molecule has 0 fully saturated rings. The topological polar surface area (TPSA) is 36.1 Å². The molecule has 0 atom stereocenters. The Morgan fingerprint density at radius 2 is 1.55 bits per heavy atom. The molecule has 2 rings (SSSR count). The van der Waals surface area contributed by atoms with Gasteiger partial charge in [-0.1, -0.05) is 30.0 Å². The largest absolute Gasteiger partial charge is 0.287 e. The van der Waals surface area contributed by atoms with Gasteiger partial charge in [-0.2, -0.15) is 5.26 Å². The van der Waals surface area contributed by atoms with Gasteiger partial charge in [0, 0.05) is 22.9 Å². The standard InChI is InChI=1S/C20H18N2/c1-20(2,3)22-15-19-7-5-4-6-18(19)13-12-16-8-10-17(14-21)11-9-16/h4-11,15H,1-3H3. The molecule has 0 bridgehead atoms. The smallest absolute Gasteiger partial charge is 0.0991 e. The summed E-state index contributed by atoms with van der Waals surface area (Å²) in [6, 6.07) is 17.3. The summed E-state index contributed by atoms with van der Waals surface area (Å²) >= 11 is 0. The van der Waals surface area contributed by atoms with Gasteiger partial charge in [0.05, 0.1) is 17.2 Å². The van der Waals surface area contributed by atoms with Crippen molar-refractivity contribution in [3.8, 4) is 17.9 Å². The van der Waals surface area contributed by atoms with E-state index >= 15 is 0 Å². The molecule has 22 heavy (non-hydrogen) atoms. The molecule has 2 aromatic rings. The lowest BCUT2D eigenvalue weighted by Gasteiger charge is -2.11. The minimum atomic E-state index is -0.104. The first-order valence-corrected chi connectivity index (χ1v) is 7.14. The molecule has 0 aromatic heterocycles. The van der Waals surface area contributed by atoms with Crippen LogP contribution in [0.15, 0.2) is 53.5 Å². The van der Waals surface area contributed by atoms with Crippen molar-refractivity contribution in [1.29, 1.82) is 5.26 Å². The Labute approximate surface area is 132 Å². The minimum absolute atomic E-state index is 0.104. The van der Waals surface area contributed by atoms with E-state index in [2.05, 4.69) is 43.7 Å². The average molecular weight is 286 g/mol. The zero-order valence-electron chi connectivity index (χ0n) is 13.1. The molecule has 0 N–H and O–H groups in total. The van der Waals surface area contributed by atoms with E-state index < -0.39 is 0 Å². The first-order valence-electron chi connectivity index (χ1n) is 7.14. The molecule has 0 spiro atoms. The van der Waals surface area contributed by atoms with Gasteiger partial charge in [0.15, 0.2) is 0 Å². The van der Waals surface area contributed by atoms with E-state index in [4.69, 9.17) is 5.26 Å². The van der Waals surface area contributed by atoms with Crippen LogP contribution in [0.5, 0.6) is 0 Å². The Morgan fingerprint density at radius 3 is 2.18 bits per heavy atom. The molecule has 0 saturated heterocycles. The number of hydrogen-bond donors (Lipinski definition) is 0. The molecule has 2 heteroatoms. The molecule has 0 aliphatic rings. The Morgan fingerprint density at radius 1 is 0.909 bits per heavy atom. The first kappa shape index (κ1) is 15.5. The highest BCUT2D eigenvalue weighted by molar-refractivity contribution is 5.83. The molecule has 0 radical (unpaired) electrons. The third-order valence-electron chi connectivity index (χ3n) is 2.91. The summed E-state index contributed by atoms with van der Waals surface area (Å²) in [7, 11) is 0. The first-order chi connectivity index (χ1) is 10.5. The van der Waals surface area contributed by atoms with Crippen LogP contribution < -0.4 is 0 Å². The SMILES string of the molecule is CC(C)(C)N=Cc1ccccc1C#Cc1ccc(C#N)cc1. The summed E-state index contributed by atoms with van der Waals surface area (Å²) in [4.78, 5) is 4.54. The van der Waals surface area contributed by atoms with Crippen molar-refractivity contribution >= 4 is 6.21 Å². The summed E-state index contributed by atoms with van der Waals surface area (Å²) in [6.07, 6.45) is 1.88. The Bertz CT molecular complexity index is 773. The van der Waals surface area contributed by atoms with Crippen LogP contribution in [0.2, 0.25) is 0 Å². The Balaban J connectivity index is 2.29. The molecule has 108 valence electrons. The molecule has 2 nitrogen and oxygen atoms in total. The summed E-state index contributed by atoms with van der Waals surface area (Å²) in [5.74, 6) is 6.31. The van der Waals surface area contributed by atoms with Crippen LogP contribution >= 0.6 is 0 Å². The van der Waals surface area contributed by atoms with Gasteiger partial charge in [-0.15, -0.1) is 0 Å². The van der Waals surface area contributed by atoms with Crippen LogP contribution in [0.1, 0.15) is 43.0 Å². The van der Waals surface area contributed by atoms with E-state index in [0.717, 1.165) is 16.7 Å². The number of hydrogen-bond acceptors (Lipinski definition) is 2. The van der Waals surface area contributed by atoms with Crippen molar-refractivity contribution in [2.45, 2.75) is 26.3 Å². The van der Waals surface area contributed by atoms with Gasteiger partial charge in [-0.25, -0.2) is 0 Å². The molecule has 2 aromatic carbocycles. The van der Waals surface area contributed by atoms with E-state index in [1.54, 1.807) is 12.1 Å². The maximum atomic E-state index is 8.80. The van der Waals surface area contributed by atoms with Gasteiger partial charge < -0.3 is 0 Å². The number of nitriles is 1. The van der Waals surface area contributed by atoms with E-state index in [0.29, 0.717) is 5.56 Å². The molecule has 0 unspecified atom stereocenters. The van der Waals surface area contributed by atoms with E-state index in [1.807, 2.05) is 42.6 Å². The zero-order valence-corrected chi connectivity index (χ0v) is 13.1. The monoisotopic (exact) mass is 286 g/mol. The second-order valence-electron chi connectivity index (χ2n) is 5.96. The van der Waals surface area contributed by atoms with Crippen LogP contribution in [0.4, 0.5) is 0 Å². The molecule has 0 aliphatic heterocycles. The van der Waals surface area contributed by atoms with Gasteiger partial charge in [-0.05, 0) is 51.1 Å². The fraction of sp³-hybridized carbons (Fsp3) is 0.200. The summed E-state index contributed by atoms with van der Waals surface area (Å²) < 4.78 is 0. The van der Waals surface area contributed by atoms with Crippen molar-refractivity contribution in [2.75, 3.05) is 0 Å². The Hall–Kier alpha value is -2.84. The van der Waals surface area contributed by atoms with Gasteiger partial charge in [0.2, 0.25) is 0 Å². The summed E-state index contributed by atoms with van der Waals surface area (Å²) in [6.45, 7) is 6.19. The predicted molar refractivity (Wildman–Crippen MR) is 90.9 cm³/mol. The predicted octanol–water partition coefficient (Wildman–Crippen LogP) is 4.18. The van der Waals surface area contributed by atoms with E-state index in [-0.39, 0.29) is 5.54 Å². The van der Waals surface area contributed by atoms with Crippen molar-refractivity contribution in [3.05, 3.63) is 70.8 Å². The third kappa shape index (κ3) is 4.62. The minimum Gasteiger partial charge on any atom is -0.287 e. The molecule has 0 aliphatic carbocycles. The number of aliphatic imine (C=N–C) groups is 1. The summed E-state index contributed by atoms with van der Waals surface area (Å²) in [5.41, 5.74) is 3.39. The van der Waals surface area contributed by atoms with Crippen LogP contribution in [-0.2, 0) is 0 Å². The third-order valence-corrected chi connectivity index (χ3v) is 2.91. The van der Waals surface area contributed by atoms with Gasteiger partial charge in [0.25, 0.3) is 0 Å². The highest BCUT2D eigenvalue weighted by atomic mass is 14.8. The van der Waals surface area contributed by atoms with Crippen LogP contribution in [-0.4, -0.2) is 11.8 Å². The maximum Gasteiger partial charge on any atom is 0.0991 e. The van der Waals surface area contributed by atoms with E-state index in [1.165, 1.54) is 0 Å². The summed E-state index contributed by atoms with van der Waals surface area (Å²) in [5, 5.41) is 8.80. The Kier molecular flexibility index (Phi) is 4.77. The quantitative estimate of drug-likeness (QED) is 0.572. The molecule has 0 amide bonds. The molecule has 0 heterocycles. The van der Waals surface area contributed by atoms with Crippen LogP contribution in [0.3, 0.4) is 0 Å². The zero-order chi connectivity index (χ0) is 16.0. The van der Waals surface area contributed by atoms with Crippen molar-refractivity contribution in [2.24, 2.45) is 4.99 Å². The van der Waals surface area contributed by atoms with Gasteiger partial charge >= 0.3 is 0 Å². The number of nitrogens with zero attached hydrogens (tertiary/aromatic N) is 2. The van der Waals surface area contributed by atoms with Gasteiger partial charge in [-0.3, -0.25) is 4.99 Å². The van der Waals surface area contributed by atoms with Crippen molar-refractivity contribution in [3.63, 3.8) is 0 Å². The molecule has 0 saturated carbocycles. The fourth-order valence-corrected chi connectivity index (χ4v) is 1.75. The number of benzene rings is 2. The van der Waals surface area contributed by atoms with Crippen LogP contribution in [0, 0.1) is 23.2 Å². The average Bonchev–Trinajstić information content (AvgIpc) is 2.51. The second-order valence-corrected chi connectivity index (χ2v) is 5.96. The van der Waals surface area contributed by atoms with Gasteiger partial charge in [0.1, 0.15) is 0 Å². The molecular weight excluding hydrogens is 268 g/mol. The number of rotatable bonds is 1. The van der Waals surface area contributed by atoms with E-state index in [9.17, 15) is 0 Å². The lowest BCUT2D eigenvalue weighted by molar-refractivity contribution is 0.586. The lowest BCUT2D eigenvalue weighted by atomic mass is 10.1. The highest BCUT2D eigenvalue weighted by Gasteiger charge is 2.05. The normalized spacial score (nSPS) is 10.8. The lowest BCUT2D eigenvalue weighted by Crippen LogP contribution is -2.09. The maximum absolute atomic E-state index is 8.80.